The summed E-state index contributed by atoms with van der Waals surface area (Å²) in [7, 11) is 0. The Bertz CT molecular complexity index is 754. The van der Waals surface area contributed by atoms with Gasteiger partial charge in [-0.3, -0.25) is 4.99 Å². The van der Waals surface area contributed by atoms with Gasteiger partial charge in [-0.25, -0.2) is 8.78 Å². The van der Waals surface area contributed by atoms with E-state index in [1.807, 2.05) is 0 Å². The molecule has 0 saturated heterocycles. The highest BCUT2D eigenvalue weighted by molar-refractivity contribution is 9.10. The maximum atomic E-state index is 14.1. The highest BCUT2D eigenvalue weighted by Crippen LogP contribution is 2.28. The number of halogens is 3. The number of thiocarbonyl (C=S) groups is 1. The minimum absolute atomic E-state index is 0.132. The SMILES string of the molecule is Fc1cccc(F)c1C1=NCC(=S)Nc2cc(Br)ccc21. The minimum atomic E-state index is -0.643. The van der Waals surface area contributed by atoms with Crippen molar-refractivity contribution in [2.75, 3.05) is 11.9 Å². The zero-order valence-corrected chi connectivity index (χ0v) is 13.1. The van der Waals surface area contributed by atoms with Crippen molar-refractivity contribution in [3.05, 3.63) is 63.6 Å². The predicted octanol–water partition coefficient (Wildman–Crippen LogP) is 4.32. The number of rotatable bonds is 1. The molecule has 21 heavy (non-hydrogen) atoms. The minimum Gasteiger partial charge on any atom is -0.348 e. The van der Waals surface area contributed by atoms with E-state index in [1.54, 1.807) is 18.2 Å². The third-order valence-corrected chi connectivity index (χ3v) is 3.82. The van der Waals surface area contributed by atoms with Crippen LogP contribution in [0.1, 0.15) is 11.1 Å². The molecule has 0 atom stereocenters. The van der Waals surface area contributed by atoms with Crippen LogP contribution in [0.15, 0.2) is 45.9 Å². The highest BCUT2D eigenvalue weighted by atomic mass is 79.9. The second-order valence-corrected chi connectivity index (χ2v) is 5.91. The first-order valence-electron chi connectivity index (χ1n) is 6.15. The Morgan fingerprint density at radius 2 is 1.86 bits per heavy atom. The maximum Gasteiger partial charge on any atom is 0.135 e. The molecule has 0 aromatic heterocycles. The van der Waals surface area contributed by atoms with E-state index >= 15 is 0 Å². The molecule has 2 aromatic rings. The number of nitrogens with zero attached hydrogens (tertiary/aromatic N) is 1. The van der Waals surface area contributed by atoms with E-state index in [0.29, 0.717) is 16.2 Å². The largest absolute Gasteiger partial charge is 0.348 e. The molecule has 0 radical (unpaired) electrons. The standard InChI is InChI=1S/C15H9BrF2N2S/c16-8-4-5-9-12(6-8)20-13(21)7-19-15(9)14-10(17)2-1-3-11(14)18/h1-6H,7H2,(H,20,21). The lowest BCUT2D eigenvalue weighted by molar-refractivity contribution is 0.579. The van der Waals surface area contributed by atoms with Gasteiger partial charge in [0.25, 0.3) is 0 Å². The van der Waals surface area contributed by atoms with Gasteiger partial charge in [0.2, 0.25) is 0 Å². The lowest BCUT2D eigenvalue weighted by Gasteiger charge is -2.12. The Kier molecular flexibility index (Phi) is 3.82. The van der Waals surface area contributed by atoms with Crippen LogP contribution in [0.2, 0.25) is 0 Å². The molecule has 0 amide bonds. The summed E-state index contributed by atoms with van der Waals surface area (Å²) >= 11 is 8.53. The summed E-state index contributed by atoms with van der Waals surface area (Å²) in [6, 6.07) is 9.12. The maximum absolute atomic E-state index is 14.1. The average molecular weight is 367 g/mol. The van der Waals surface area contributed by atoms with Gasteiger partial charge in [-0.1, -0.05) is 34.2 Å². The highest BCUT2D eigenvalue weighted by Gasteiger charge is 2.22. The van der Waals surface area contributed by atoms with Gasteiger partial charge in [-0.05, 0) is 30.3 Å². The van der Waals surface area contributed by atoms with Crippen LogP contribution in [0, 0.1) is 11.6 Å². The molecule has 1 aliphatic rings. The third-order valence-electron chi connectivity index (χ3n) is 3.09. The fourth-order valence-corrected chi connectivity index (χ4v) is 2.73. The van der Waals surface area contributed by atoms with Crippen LogP contribution in [0.5, 0.6) is 0 Å². The molecule has 0 spiro atoms. The second-order valence-electron chi connectivity index (χ2n) is 4.50. The number of nitrogens with one attached hydrogen (secondary N) is 1. The van der Waals surface area contributed by atoms with Crippen molar-refractivity contribution in [1.29, 1.82) is 0 Å². The molecule has 2 aromatic carbocycles. The molecule has 0 aliphatic carbocycles. The number of hydrogen-bond donors (Lipinski definition) is 1. The van der Waals surface area contributed by atoms with Gasteiger partial charge in [0.1, 0.15) is 16.6 Å². The van der Waals surface area contributed by atoms with Crippen molar-refractivity contribution in [2.24, 2.45) is 4.99 Å². The number of anilines is 1. The quantitative estimate of drug-likeness (QED) is 0.760. The van der Waals surface area contributed by atoms with Crippen LogP contribution < -0.4 is 5.32 Å². The van der Waals surface area contributed by atoms with Crippen LogP contribution in [-0.4, -0.2) is 17.2 Å². The van der Waals surface area contributed by atoms with E-state index in [4.69, 9.17) is 12.2 Å². The summed E-state index contributed by atoms with van der Waals surface area (Å²) in [5, 5.41) is 3.04. The molecule has 106 valence electrons. The van der Waals surface area contributed by atoms with Crippen LogP contribution >= 0.6 is 28.1 Å². The molecule has 0 bridgehead atoms. The van der Waals surface area contributed by atoms with Crippen molar-refractivity contribution >= 4 is 44.5 Å². The average Bonchev–Trinajstić information content (AvgIpc) is 2.57. The summed E-state index contributed by atoms with van der Waals surface area (Å²) in [6.45, 7) is 0.185. The second kappa shape index (κ2) is 5.61. The number of benzene rings is 2. The van der Waals surface area contributed by atoms with Gasteiger partial charge >= 0.3 is 0 Å². The van der Waals surface area contributed by atoms with Crippen LogP contribution in [-0.2, 0) is 0 Å². The monoisotopic (exact) mass is 366 g/mol. The van der Waals surface area contributed by atoms with E-state index in [2.05, 4.69) is 26.2 Å². The van der Waals surface area contributed by atoms with E-state index in [1.165, 1.54) is 18.2 Å². The molecule has 1 N–H and O–H groups in total. The van der Waals surface area contributed by atoms with Crippen LogP contribution in [0.3, 0.4) is 0 Å². The number of benzodiazepines with no additional fused rings is 1. The predicted molar refractivity (Wildman–Crippen MR) is 87.2 cm³/mol. The number of fused-ring (bicyclic) bond motifs is 1. The summed E-state index contributed by atoms with van der Waals surface area (Å²) in [5.41, 5.74) is 1.42. The van der Waals surface area contributed by atoms with Crippen LogP contribution in [0.4, 0.5) is 14.5 Å². The molecular formula is C15H9BrF2N2S. The molecule has 0 fully saturated rings. The molecule has 1 heterocycles. The normalized spacial score (nSPS) is 14.0. The van der Waals surface area contributed by atoms with Crippen molar-refractivity contribution in [1.82, 2.24) is 0 Å². The Labute approximate surface area is 134 Å². The smallest absolute Gasteiger partial charge is 0.135 e. The van der Waals surface area contributed by atoms with Gasteiger partial charge in [0.15, 0.2) is 0 Å². The molecule has 3 rings (SSSR count). The summed E-state index contributed by atoms with van der Waals surface area (Å²) in [6.07, 6.45) is 0. The van der Waals surface area contributed by atoms with E-state index < -0.39 is 11.6 Å². The van der Waals surface area contributed by atoms with Gasteiger partial charge in [-0.2, -0.15) is 0 Å². The molecule has 6 heteroatoms. The lowest BCUT2D eigenvalue weighted by Crippen LogP contribution is -2.11. The van der Waals surface area contributed by atoms with Gasteiger partial charge in [-0.15, -0.1) is 0 Å². The van der Waals surface area contributed by atoms with Crippen molar-refractivity contribution in [3.63, 3.8) is 0 Å². The summed E-state index contributed by atoms with van der Waals surface area (Å²) in [4.78, 5) is 4.79. The first-order valence-corrected chi connectivity index (χ1v) is 7.35. The molecule has 1 aliphatic heterocycles. The molecule has 0 unspecified atom stereocenters. The first kappa shape index (κ1) is 14.3. The first-order chi connectivity index (χ1) is 10.1. The van der Waals surface area contributed by atoms with Crippen molar-refractivity contribution < 1.29 is 8.78 Å². The topological polar surface area (TPSA) is 24.4 Å². The zero-order chi connectivity index (χ0) is 15.0. The Balaban J connectivity index is 2.26. The lowest BCUT2D eigenvalue weighted by atomic mass is 9.99. The third kappa shape index (κ3) is 2.73. The molecular weight excluding hydrogens is 358 g/mol. The van der Waals surface area contributed by atoms with Gasteiger partial charge in [0, 0.05) is 15.7 Å². The molecule has 2 nitrogen and oxygen atoms in total. The Morgan fingerprint density at radius 3 is 2.57 bits per heavy atom. The zero-order valence-electron chi connectivity index (χ0n) is 10.7. The number of aliphatic imine (C=N–C) groups is 1. The van der Waals surface area contributed by atoms with Crippen molar-refractivity contribution in [3.8, 4) is 0 Å². The Morgan fingerprint density at radius 1 is 1.14 bits per heavy atom. The molecule has 0 saturated carbocycles. The van der Waals surface area contributed by atoms with E-state index in [9.17, 15) is 8.78 Å². The summed E-state index contributed by atoms with van der Waals surface area (Å²) < 4.78 is 28.9. The van der Waals surface area contributed by atoms with Gasteiger partial charge < -0.3 is 5.32 Å². The number of hydrogen-bond acceptors (Lipinski definition) is 2. The fraction of sp³-hybridized carbons (Fsp3) is 0.0667. The Hall–Kier alpha value is -1.66. The van der Waals surface area contributed by atoms with E-state index in [0.717, 1.165) is 4.47 Å². The van der Waals surface area contributed by atoms with Gasteiger partial charge in [0.05, 0.1) is 17.8 Å². The van der Waals surface area contributed by atoms with Crippen LogP contribution in [0.25, 0.3) is 0 Å². The fourth-order valence-electron chi connectivity index (χ4n) is 2.19. The summed E-state index contributed by atoms with van der Waals surface area (Å²) in [5.74, 6) is -1.29. The van der Waals surface area contributed by atoms with E-state index in [-0.39, 0.29) is 17.8 Å². The van der Waals surface area contributed by atoms with Crippen molar-refractivity contribution in [2.45, 2.75) is 0 Å².